The second-order valence-electron chi connectivity index (χ2n) is 3.75. The zero-order valence-corrected chi connectivity index (χ0v) is 9.01. The summed E-state index contributed by atoms with van der Waals surface area (Å²) < 4.78 is 1.50. The van der Waals surface area contributed by atoms with Crippen molar-refractivity contribution in [1.82, 2.24) is 9.78 Å². The summed E-state index contributed by atoms with van der Waals surface area (Å²) >= 11 is 0. The Morgan fingerprint density at radius 3 is 2.87 bits per heavy atom. The molecule has 0 aliphatic rings. The fraction of sp³-hybridized carbons (Fsp3) is 0.667. The minimum atomic E-state index is -0.511. The first-order chi connectivity index (χ1) is 7.06. The van der Waals surface area contributed by atoms with Crippen molar-refractivity contribution in [2.24, 2.45) is 5.92 Å². The first kappa shape index (κ1) is 11.5. The van der Waals surface area contributed by atoms with Crippen LogP contribution in [0, 0.1) is 16.0 Å². The Hall–Kier alpha value is -1.59. The van der Waals surface area contributed by atoms with Crippen molar-refractivity contribution in [3.63, 3.8) is 0 Å². The van der Waals surface area contributed by atoms with Crippen molar-refractivity contribution < 1.29 is 4.92 Å². The minimum absolute atomic E-state index is 0.112. The Balaban J connectivity index is 2.74. The number of hydrogen-bond acceptors (Lipinski definition) is 4. The topological polar surface area (TPSA) is 87.0 Å². The summed E-state index contributed by atoms with van der Waals surface area (Å²) in [5, 5.41) is 14.4. The van der Waals surface area contributed by atoms with Crippen LogP contribution in [0.5, 0.6) is 0 Å². The molecule has 0 aliphatic heterocycles. The monoisotopic (exact) mass is 212 g/mol. The van der Waals surface area contributed by atoms with E-state index in [-0.39, 0.29) is 11.5 Å². The fourth-order valence-electron chi connectivity index (χ4n) is 1.55. The third-order valence-corrected chi connectivity index (χ3v) is 2.32. The molecule has 0 fully saturated rings. The summed E-state index contributed by atoms with van der Waals surface area (Å²) in [6, 6.07) is 0. The highest BCUT2D eigenvalue weighted by Gasteiger charge is 2.18. The highest BCUT2D eigenvalue weighted by Crippen LogP contribution is 2.21. The zero-order valence-electron chi connectivity index (χ0n) is 9.01. The third kappa shape index (κ3) is 2.68. The summed E-state index contributed by atoms with van der Waals surface area (Å²) in [4.78, 5) is 10.0. The maximum atomic E-state index is 10.5. The average Bonchev–Trinajstić information content (AvgIpc) is 2.48. The summed E-state index contributed by atoms with van der Waals surface area (Å²) in [6.07, 6.45) is 3.35. The number of hydrogen-bond donors (Lipinski definition) is 1. The molecule has 0 spiro atoms. The summed E-state index contributed by atoms with van der Waals surface area (Å²) in [5.41, 5.74) is 5.50. The van der Waals surface area contributed by atoms with E-state index in [1.165, 1.54) is 10.9 Å². The van der Waals surface area contributed by atoms with Gasteiger partial charge in [0.05, 0.1) is 4.92 Å². The molecule has 6 nitrogen and oxygen atoms in total. The Labute approximate surface area is 88.2 Å². The van der Waals surface area contributed by atoms with E-state index >= 15 is 0 Å². The van der Waals surface area contributed by atoms with E-state index in [1.807, 2.05) is 0 Å². The van der Waals surface area contributed by atoms with Gasteiger partial charge in [0.2, 0.25) is 5.82 Å². The summed E-state index contributed by atoms with van der Waals surface area (Å²) in [6.45, 7) is 4.81. The SMILES string of the molecule is CCCC(C)Cn1ncc([N+](=O)[O-])c1N. The molecular formula is C9H16N4O2. The smallest absolute Gasteiger partial charge is 0.330 e. The standard InChI is InChI=1S/C9H16N4O2/c1-3-4-7(2)6-12-9(10)8(5-11-12)13(14)15/h5,7H,3-4,6,10H2,1-2H3. The summed E-state index contributed by atoms with van der Waals surface area (Å²) in [7, 11) is 0. The molecule has 0 amide bonds. The number of nitrogens with two attached hydrogens (primary N) is 1. The van der Waals surface area contributed by atoms with Crippen LogP contribution in [-0.4, -0.2) is 14.7 Å². The molecule has 1 aromatic rings. The zero-order chi connectivity index (χ0) is 11.4. The highest BCUT2D eigenvalue weighted by atomic mass is 16.6. The molecule has 1 aromatic heterocycles. The van der Waals surface area contributed by atoms with Crippen molar-refractivity contribution in [2.75, 3.05) is 5.73 Å². The summed E-state index contributed by atoms with van der Waals surface area (Å²) in [5.74, 6) is 0.569. The Morgan fingerprint density at radius 2 is 2.40 bits per heavy atom. The first-order valence-corrected chi connectivity index (χ1v) is 5.02. The molecule has 6 heteroatoms. The van der Waals surface area contributed by atoms with Crippen LogP contribution in [0.1, 0.15) is 26.7 Å². The van der Waals surface area contributed by atoms with E-state index < -0.39 is 4.92 Å². The second kappa shape index (κ2) is 4.77. The lowest BCUT2D eigenvalue weighted by atomic mass is 10.1. The van der Waals surface area contributed by atoms with Crippen molar-refractivity contribution in [1.29, 1.82) is 0 Å². The number of nitrogens with zero attached hydrogens (tertiary/aromatic N) is 3. The average molecular weight is 212 g/mol. The quantitative estimate of drug-likeness (QED) is 0.595. The van der Waals surface area contributed by atoms with Gasteiger partial charge in [-0.1, -0.05) is 20.3 Å². The Morgan fingerprint density at radius 1 is 1.73 bits per heavy atom. The molecular weight excluding hydrogens is 196 g/mol. The van der Waals surface area contributed by atoms with Gasteiger partial charge in [-0.15, -0.1) is 0 Å². The van der Waals surface area contributed by atoms with Crippen LogP contribution in [0.3, 0.4) is 0 Å². The number of rotatable bonds is 5. The van der Waals surface area contributed by atoms with E-state index in [4.69, 9.17) is 5.73 Å². The number of aromatic nitrogens is 2. The van der Waals surface area contributed by atoms with Gasteiger partial charge in [0.15, 0.2) is 0 Å². The Bertz CT molecular complexity index is 348. The van der Waals surface area contributed by atoms with Gasteiger partial charge in [-0.05, 0) is 12.3 Å². The highest BCUT2D eigenvalue weighted by molar-refractivity contribution is 5.51. The lowest BCUT2D eigenvalue weighted by molar-refractivity contribution is -0.384. The molecule has 15 heavy (non-hydrogen) atoms. The maximum absolute atomic E-state index is 10.5. The van der Waals surface area contributed by atoms with Crippen molar-refractivity contribution in [2.45, 2.75) is 33.2 Å². The van der Waals surface area contributed by atoms with Crippen LogP contribution in [0.4, 0.5) is 11.5 Å². The lowest BCUT2D eigenvalue weighted by Gasteiger charge is -2.10. The predicted octanol–water partition coefficient (Wildman–Crippen LogP) is 1.81. The largest absolute Gasteiger partial charge is 0.378 e. The van der Waals surface area contributed by atoms with Crippen molar-refractivity contribution in [3.05, 3.63) is 16.3 Å². The number of anilines is 1. The second-order valence-corrected chi connectivity index (χ2v) is 3.75. The Kier molecular flexibility index (Phi) is 3.65. The molecule has 84 valence electrons. The van der Waals surface area contributed by atoms with Crippen LogP contribution in [0.2, 0.25) is 0 Å². The van der Waals surface area contributed by atoms with Gasteiger partial charge < -0.3 is 5.73 Å². The van der Waals surface area contributed by atoms with Gasteiger partial charge in [-0.3, -0.25) is 10.1 Å². The normalized spacial score (nSPS) is 12.7. The van der Waals surface area contributed by atoms with Crippen LogP contribution in [0.15, 0.2) is 6.20 Å². The molecule has 1 atom stereocenters. The number of nitro groups is 1. The first-order valence-electron chi connectivity index (χ1n) is 5.02. The lowest BCUT2D eigenvalue weighted by Crippen LogP contribution is -2.11. The van der Waals surface area contributed by atoms with Gasteiger partial charge in [0, 0.05) is 6.54 Å². The van der Waals surface area contributed by atoms with Gasteiger partial charge in [-0.25, -0.2) is 4.68 Å². The predicted molar refractivity (Wildman–Crippen MR) is 57.4 cm³/mol. The molecule has 0 saturated carbocycles. The van der Waals surface area contributed by atoms with Gasteiger partial charge in [-0.2, -0.15) is 5.10 Å². The van der Waals surface area contributed by atoms with Crippen LogP contribution in [-0.2, 0) is 6.54 Å². The van der Waals surface area contributed by atoms with Crippen LogP contribution < -0.4 is 5.73 Å². The molecule has 0 radical (unpaired) electrons. The molecule has 0 aliphatic carbocycles. The van der Waals surface area contributed by atoms with Gasteiger partial charge in [0.1, 0.15) is 6.20 Å². The van der Waals surface area contributed by atoms with E-state index in [0.717, 1.165) is 12.8 Å². The minimum Gasteiger partial charge on any atom is -0.378 e. The van der Waals surface area contributed by atoms with E-state index in [0.29, 0.717) is 12.5 Å². The maximum Gasteiger partial charge on any atom is 0.330 e. The number of nitrogen functional groups attached to an aromatic ring is 1. The van der Waals surface area contributed by atoms with Crippen LogP contribution in [0.25, 0.3) is 0 Å². The molecule has 0 aromatic carbocycles. The van der Waals surface area contributed by atoms with Crippen LogP contribution >= 0.6 is 0 Å². The van der Waals surface area contributed by atoms with Crippen molar-refractivity contribution >= 4 is 11.5 Å². The third-order valence-electron chi connectivity index (χ3n) is 2.32. The molecule has 2 N–H and O–H groups in total. The molecule has 0 bridgehead atoms. The van der Waals surface area contributed by atoms with E-state index in [1.54, 1.807) is 0 Å². The van der Waals surface area contributed by atoms with Gasteiger partial charge >= 0.3 is 5.69 Å². The van der Waals surface area contributed by atoms with E-state index in [9.17, 15) is 10.1 Å². The van der Waals surface area contributed by atoms with E-state index in [2.05, 4.69) is 18.9 Å². The fourth-order valence-corrected chi connectivity index (χ4v) is 1.55. The molecule has 1 unspecified atom stereocenters. The molecule has 1 heterocycles. The molecule has 0 saturated heterocycles. The molecule has 1 rings (SSSR count). The van der Waals surface area contributed by atoms with Gasteiger partial charge in [0.25, 0.3) is 0 Å². The van der Waals surface area contributed by atoms with Crippen molar-refractivity contribution in [3.8, 4) is 0 Å².